The monoisotopic (exact) mass is 263 g/mol. The largest absolute Gasteiger partial charge is 0.490 e. The average Bonchev–Trinajstić information content (AvgIpc) is 2.73. The Morgan fingerprint density at radius 1 is 1.11 bits per heavy atom. The molecular weight excluding hydrogens is 238 g/mol. The van der Waals surface area contributed by atoms with Crippen LogP contribution in [-0.2, 0) is 0 Å². The molecule has 0 radical (unpaired) electrons. The molecule has 2 N–H and O–H groups in total. The van der Waals surface area contributed by atoms with E-state index in [1.54, 1.807) is 0 Å². The average molecular weight is 263 g/mol. The Morgan fingerprint density at radius 2 is 1.79 bits per heavy atom. The Kier molecular flexibility index (Phi) is 4.70. The molecule has 1 aliphatic carbocycles. The maximum atomic E-state index is 6.12. The maximum Gasteiger partial charge on any atom is 0.161 e. The third kappa shape index (κ3) is 3.03. The third-order valence-corrected chi connectivity index (χ3v) is 4.12. The smallest absolute Gasteiger partial charge is 0.161 e. The molecule has 106 valence electrons. The lowest BCUT2D eigenvalue weighted by Crippen LogP contribution is -2.24. The highest BCUT2D eigenvalue weighted by atomic mass is 16.5. The Bertz CT molecular complexity index is 419. The van der Waals surface area contributed by atoms with Gasteiger partial charge in [0.25, 0.3) is 0 Å². The van der Waals surface area contributed by atoms with Crippen molar-refractivity contribution in [2.75, 3.05) is 13.2 Å². The van der Waals surface area contributed by atoms with Gasteiger partial charge in [-0.15, -0.1) is 0 Å². The van der Waals surface area contributed by atoms with Crippen molar-refractivity contribution in [3.8, 4) is 11.5 Å². The van der Waals surface area contributed by atoms with E-state index >= 15 is 0 Å². The number of hydrogen-bond donors (Lipinski definition) is 1. The molecule has 3 unspecified atom stereocenters. The molecule has 0 bridgehead atoms. The highest BCUT2D eigenvalue weighted by molar-refractivity contribution is 5.44. The summed E-state index contributed by atoms with van der Waals surface area (Å²) in [5.41, 5.74) is 7.45. The second kappa shape index (κ2) is 6.29. The van der Waals surface area contributed by atoms with Gasteiger partial charge in [-0.1, -0.05) is 13.0 Å². The number of nitrogens with two attached hydrogens (primary N) is 1. The van der Waals surface area contributed by atoms with E-state index in [1.807, 2.05) is 19.9 Å². The molecule has 0 spiro atoms. The van der Waals surface area contributed by atoms with Gasteiger partial charge in [0.2, 0.25) is 0 Å². The minimum Gasteiger partial charge on any atom is -0.490 e. The summed E-state index contributed by atoms with van der Waals surface area (Å²) in [5, 5.41) is 0. The molecule has 1 saturated carbocycles. The summed E-state index contributed by atoms with van der Waals surface area (Å²) in [6, 6.07) is 6.65. The first kappa shape index (κ1) is 14.2. The van der Waals surface area contributed by atoms with E-state index < -0.39 is 0 Å². The summed E-state index contributed by atoms with van der Waals surface area (Å²) in [7, 11) is 0. The van der Waals surface area contributed by atoms with E-state index in [9.17, 15) is 0 Å². The summed E-state index contributed by atoms with van der Waals surface area (Å²) in [6.45, 7) is 7.55. The fourth-order valence-electron chi connectivity index (χ4n) is 2.96. The van der Waals surface area contributed by atoms with Crippen molar-refractivity contribution in [2.45, 2.75) is 45.6 Å². The fraction of sp³-hybridized carbons (Fsp3) is 0.625. The standard InChI is InChI=1S/C16H25NO2/c1-4-18-15-9-6-12(10-16(15)19-5-2)13-7-8-14(17)11(13)3/h6,9-11,13-14H,4-5,7-8,17H2,1-3H3. The van der Waals surface area contributed by atoms with Crippen LogP contribution < -0.4 is 15.2 Å². The topological polar surface area (TPSA) is 44.5 Å². The van der Waals surface area contributed by atoms with E-state index in [-0.39, 0.29) is 0 Å². The zero-order valence-corrected chi connectivity index (χ0v) is 12.2. The molecule has 1 aromatic carbocycles. The lowest BCUT2D eigenvalue weighted by Gasteiger charge is -2.20. The van der Waals surface area contributed by atoms with Crippen LogP contribution in [0.25, 0.3) is 0 Å². The van der Waals surface area contributed by atoms with Gasteiger partial charge in [0.05, 0.1) is 13.2 Å². The quantitative estimate of drug-likeness (QED) is 0.886. The van der Waals surface area contributed by atoms with Gasteiger partial charge in [-0.2, -0.15) is 0 Å². The minimum atomic E-state index is 0.326. The van der Waals surface area contributed by atoms with Crippen molar-refractivity contribution in [3.63, 3.8) is 0 Å². The predicted octanol–water partition coefficient (Wildman–Crippen LogP) is 3.32. The van der Waals surface area contributed by atoms with Gasteiger partial charge < -0.3 is 15.2 Å². The lowest BCUT2D eigenvalue weighted by molar-refractivity contribution is 0.287. The number of hydrogen-bond acceptors (Lipinski definition) is 3. The van der Waals surface area contributed by atoms with Gasteiger partial charge in [0.15, 0.2) is 11.5 Å². The molecule has 3 atom stereocenters. The highest BCUT2D eigenvalue weighted by Gasteiger charge is 2.31. The van der Waals surface area contributed by atoms with Crippen LogP contribution in [0.1, 0.15) is 45.1 Å². The Balaban J connectivity index is 2.24. The summed E-state index contributed by atoms with van der Waals surface area (Å²) in [4.78, 5) is 0. The minimum absolute atomic E-state index is 0.326. The molecule has 1 aliphatic rings. The predicted molar refractivity (Wildman–Crippen MR) is 77.9 cm³/mol. The van der Waals surface area contributed by atoms with Gasteiger partial charge in [-0.3, -0.25) is 0 Å². The van der Waals surface area contributed by atoms with Gasteiger partial charge in [-0.05, 0) is 56.2 Å². The van der Waals surface area contributed by atoms with Crippen molar-refractivity contribution in [2.24, 2.45) is 11.7 Å². The van der Waals surface area contributed by atoms with Crippen molar-refractivity contribution in [1.29, 1.82) is 0 Å². The molecule has 19 heavy (non-hydrogen) atoms. The molecular formula is C16H25NO2. The molecule has 0 amide bonds. The molecule has 0 heterocycles. The normalized spacial score (nSPS) is 26.4. The molecule has 0 aliphatic heterocycles. The summed E-state index contributed by atoms with van der Waals surface area (Å²) >= 11 is 0. The van der Waals surface area contributed by atoms with Crippen LogP contribution in [0.15, 0.2) is 18.2 Å². The van der Waals surface area contributed by atoms with Gasteiger partial charge >= 0.3 is 0 Å². The summed E-state index contributed by atoms with van der Waals surface area (Å²) < 4.78 is 11.3. The summed E-state index contributed by atoms with van der Waals surface area (Å²) in [5.74, 6) is 2.77. The van der Waals surface area contributed by atoms with E-state index in [4.69, 9.17) is 15.2 Å². The summed E-state index contributed by atoms with van der Waals surface area (Å²) in [6.07, 6.45) is 2.28. The Labute approximate surface area is 116 Å². The zero-order chi connectivity index (χ0) is 13.8. The molecule has 1 aromatic rings. The lowest BCUT2D eigenvalue weighted by atomic mass is 9.89. The van der Waals surface area contributed by atoms with Crippen molar-refractivity contribution in [3.05, 3.63) is 23.8 Å². The first-order valence-electron chi connectivity index (χ1n) is 7.32. The fourth-order valence-corrected chi connectivity index (χ4v) is 2.96. The first-order valence-corrected chi connectivity index (χ1v) is 7.32. The van der Waals surface area contributed by atoms with Crippen LogP contribution in [0.2, 0.25) is 0 Å². The second-order valence-electron chi connectivity index (χ2n) is 5.28. The Morgan fingerprint density at radius 3 is 2.37 bits per heavy atom. The zero-order valence-electron chi connectivity index (χ0n) is 12.2. The number of ether oxygens (including phenoxy) is 2. The molecule has 2 rings (SSSR count). The number of rotatable bonds is 5. The van der Waals surface area contributed by atoms with Crippen molar-refractivity contribution >= 4 is 0 Å². The van der Waals surface area contributed by atoms with Gasteiger partial charge in [0.1, 0.15) is 0 Å². The SMILES string of the molecule is CCOc1ccc(C2CCC(N)C2C)cc1OCC. The molecule has 0 saturated heterocycles. The van der Waals surface area contributed by atoms with Crippen LogP contribution >= 0.6 is 0 Å². The van der Waals surface area contributed by atoms with E-state index in [0.29, 0.717) is 31.1 Å². The second-order valence-corrected chi connectivity index (χ2v) is 5.28. The van der Waals surface area contributed by atoms with E-state index in [0.717, 1.165) is 17.9 Å². The van der Waals surface area contributed by atoms with Crippen LogP contribution in [0.4, 0.5) is 0 Å². The van der Waals surface area contributed by atoms with Gasteiger partial charge in [0, 0.05) is 6.04 Å². The van der Waals surface area contributed by atoms with Crippen molar-refractivity contribution in [1.82, 2.24) is 0 Å². The van der Waals surface area contributed by atoms with Crippen molar-refractivity contribution < 1.29 is 9.47 Å². The first-order chi connectivity index (χ1) is 9.17. The molecule has 3 heteroatoms. The highest BCUT2D eigenvalue weighted by Crippen LogP contribution is 2.41. The third-order valence-electron chi connectivity index (χ3n) is 4.12. The maximum absolute atomic E-state index is 6.12. The van der Waals surface area contributed by atoms with Crippen LogP contribution in [0.3, 0.4) is 0 Å². The number of benzene rings is 1. The van der Waals surface area contributed by atoms with Crippen LogP contribution in [0.5, 0.6) is 11.5 Å². The van der Waals surface area contributed by atoms with Crippen LogP contribution in [-0.4, -0.2) is 19.3 Å². The van der Waals surface area contributed by atoms with Crippen LogP contribution in [0, 0.1) is 5.92 Å². The Hall–Kier alpha value is -1.22. The molecule has 3 nitrogen and oxygen atoms in total. The molecule has 0 aromatic heterocycles. The van der Waals surface area contributed by atoms with Gasteiger partial charge in [-0.25, -0.2) is 0 Å². The molecule has 1 fully saturated rings. The van der Waals surface area contributed by atoms with E-state index in [1.165, 1.54) is 12.0 Å². The van der Waals surface area contributed by atoms with E-state index in [2.05, 4.69) is 19.1 Å².